The minimum atomic E-state index is -4.11. The van der Waals surface area contributed by atoms with Gasteiger partial charge in [0.15, 0.2) is 0 Å². The van der Waals surface area contributed by atoms with Crippen LogP contribution in [-0.4, -0.2) is 12.2 Å². The number of alkyl halides is 3. The Kier molecular flexibility index (Phi) is 5.20. The highest BCUT2D eigenvalue weighted by Gasteiger charge is 2.27. The van der Waals surface area contributed by atoms with E-state index in [0.717, 1.165) is 5.56 Å². The zero-order chi connectivity index (χ0) is 13.8. The fraction of sp³-hybridized carbons (Fsp3) is 0.571. The van der Waals surface area contributed by atoms with Crippen molar-refractivity contribution in [1.82, 2.24) is 0 Å². The molecule has 4 heteroatoms. The van der Waals surface area contributed by atoms with Crippen molar-refractivity contribution in [2.24, 2.45) is 5.73 Å². The summed E-state index contributed by atoms with van der Waals surface area (Å²) in [6, 6.07) is 7.48. The van der Waals surface area contributed by atoms with E-state index in [-0.39, 0.29) is 6.42 Å². The van der Waals surface area contributed by atoms with E-state index in [1.807, 2.05) is 24.3 Å². The molecule has 1 rings (SSSR count). The minimum Gasteiger partial charge on any atom is -0.327 e. The normalized spacial score (nSPS) is 13.9. The maximum atomic E-state index is 12.0. The van der Waals surface area contributed by atoms with E-state index in [9.17, 15) is 13.2 Å². The molecule has 18 heavy (non-hydrogen) atoms. The van der Waals surface area contributed by atoms with E-state index in [4.69, 9.17) is 5.73 Å². The van der Waals surface area contributed by atoms with Gasteiger partial charge in [0.25, 0.3) is 0 Å². The first-order valence-corrected chi connectivity index (χ1v) is 6.19. The van der Waals surface area contributed by atoms with Crippen LogP contribution in [0.15, 0.2) is 24.3 Å². The molecule has 1 unspecified atom stereocenters. The Labute approximate surface area is 106 Å². The number of hydrogen-bond acceptors (Lipinski definition) is 1. The number of benzene rings is 1. The molecule has 1 atom stereocenters. The van der Waals surface area contributed by atoms with Crippen LogP contribution in [0.5, 0.6) is 0 Å². The molecule has 0 fully saturated rings. The summed E-state index contributed by atoms with van der Waals surface area (Å²) >= 11 is 0. The Hall–Kier alpha value is -1.03. The Bertz CT molecular complexity index is 354. The molecule has 0 radical (unpaired) electrons. The van der Waals surface area contributed by atoms with Gasteiger partial charge in [0.05, 0.1) is 0 Å². The number of nitrogens with two attached hydrogens (primary N) is 1. The van der Waals surface area contributed by atoms with Gasteiger partial charge in [0, 0.05) is 12.5 Å². The number of hydrogen-bond donors (Lipinski definition) is 1. The molecule has 0 aromatic heterocycles. The van der Waals surface area contributed by atoms with E-state index < -0.39 is 18.6 Å². The van der Waals surface area contributed by atoms with Crippen molar-refractivity contribution < 1.29 is 13.2 Å². The van der Waals surface area contributed by atoms with Crippen LogP contribution in [0.3, 0.4) is 0 Å². The predicted octanol–water partition coefficient (Wildman–Crippen LogP) is 4.02. The van der Waals surface area contributed by atoms with Crippen molar-refractivity contribution in [3.05, 3.63) is 35.4 Å². The third-order valence-corrected chi connectivity index (χ3v) is 2.94. The molecular weight excluding hydrogens is 239 g/mol. The molecule has 0 aliphatic carbocycles. The van der Waals surface area contributed by atoms with Gasteiger partial charge in [-0.05, 0) is 29.9 Å². The standard InChI is InChI=1S/C14H20F3N/c1-10(2)12-5-3-11(4-6-12)9-13(18)7-8-14(15,16)17/h3-6,10,13H,7-9,18H2,1-2H3. The monoisotopic (exact) mass is 259 g/mol. The Morgan fingerprint density at radius 3 is 2.11 bits per heavy atom. The van der Waals surface area contributed by atoms with E-state index in [2.05, 4.69) is 13.8 Å². The van der Waals surface area contributed by atoms with Crippen LogP contribution >= 0.6 is 0 Å². The lowest BCUT2D eigenvalue weighted by Crippen LogP contribution is -2.25. The molecule has 0 bridgehead atoms. The summed E-state index contributed by atoms with van der Waals surface area (Å²) in [5.74, 6) is 0.456. The first kappa shape index (κ1) is 15.0. The molecular formula is C14H20F3N. The second-order valence-corrected chi connectivity index (χ2v) is 5.01. The Balaban J connectivity index is 2.47. The summed E-state index contributed by atoms with van der Waals surface area (Å²) in [7, 11) is 0. The van der Waals surface area contributed by atoms with Crippen molar-refractivity contribution in [2.75, 3.05) is 0 Å². The van der Waals surface area contributed by atoms with Crippen LogP contribution < -0.4 is 5.73 Å². The fourth-order valence-electron chi connectivity index (χ4n) is 1.79. The van der Waals surface area contributed by atoms with Crippen molar-refractivity contribution in [1.29, 1.82) is 0 Å². The molecule has 0 saturated carbocycles. The largest absolute Gasteiger partial charge is 0.389 e. The van der Waals surface area contributed by atoms with E-state index in [1.165, 1.54) is 5.56 Å². The average molecular weight is 259 g/mol. The molecule has 1 aromatic carbocycles. The minimum absolute atomic E-state index is 0.0184. The van der Waals surface area contributed by atoms with Crippen LogP contribution in [0, 0.1) is 0 Å². The zero-order valence-corrected chi connectivity index (χ0v) is 10.8. The second-order valence-electron chi connectivity index (χ2n) is 5.01. The summed E-state index contributed by atoms with van der Waals surface area (Å²) in [5.41, 5.74) is 7.93. The lowest BCUT2D eigenvalue weighted by Gasteiger charge is -2.14. The number of halogens is 3. The predicted molar refractivity (Wildman–Crippen MR) is 67.5 cm³/mol. The van der Waals surface area contributed by atoms with Crippen molar-refractivity contribution in [3.63, 3.8) is 0 Å². The van der Waals surface area contributed by atoms with Gasteiger partial charge in [-0.1, -0.05) is 38.1 Å². The Morgan fingerprint density at radius 1 is 1.11 bits per heavy atom. The first-order valence-electron chi connectivity index (χ1n) is 6.19. The van der Waals surface area contributed by atoms with Gasteiger partial charge in [-0.25, -0.2) is 0 Å². The summed E-state index contributed by atoms with van der Waals surface area (Å²) < 4.78 is 36.1. The van der Waals surface area contributed by atoms with Gasteiger partial charge in [-0.2, -0.15) is 13.2 Å². The maximum Gasteiger partial charge on any atom is 0.389 e. The molecule has 1 nitrogen and oxygen atoms in total. The van der Waals surface area contributed by atoms with Crippen molar-refractivity contribution in [3.8, 4) is 0 Å². The maximum absolute atomic E-state index is 12.0. The summed E-state index contributed by atoms with van der Waals surface area (Å²) in [5, 5.41) is 0. The van der Waals surface area contributed by atoms with Crippen LogP contribution in [0.1, 0.15) is 43.7 Å². The van der Waals surface area contributed by atoms with Crippen molar-refractivity contribution >= 4 is 0 Å². The van der Waals surface area contributed by atoms with Gasteiger partial charge >= 0.3 is 6.18 Å². The number of rotatable bonds is 5. The molecule has 0 spiro atoms. The van der Waals surface area contributed by atoms with Crippen molar-refractivity contribution in [2.45, 2.75) is 51.2 Å². The molecule has 1 aromatic rings. The van der Waals surface area contributed by atoms with Crippen LogP contribution in [0.2, 0.25) is 0 Å². The highest BCUT2D eigenvalue weighted by atomic mass is 19.4. The summed E-state index contributed by atoms with van der Waals surface area (Å²) in [4.78, 5) is 0. The molecule has 102 valence electrons. The third kappa shape index (κ3) is 5.54. The van der Waals surface area contributed by atoms with Gasteiger partial charge in [0.1, 0.15) is 0 Å². The third-order valence-electron chi connectivity index (χ3n) is 2.94. The van der Waals surface area contributed by atoms with Crippen LogP contribution in [0.4, 0.5) is 13.2 Å². The van der Waals surface area contributed by atoms with Gasteiger partial charge < -0.3 is 5.73 Å². The summed E-state index contributed by atoms with van der Waals surface area (Å²) in [6.45, 7) is 4.20. The second kappa shape index (κ2) is 6.23. The van der Waals surface area contributed by atoms with E-state index >= 15 is 0 Å². The van der Waals surface area contributed by atoms with Gasteiger partial charge in [0.2, 0.25) is 0 Å². The quantitative estimate of drug-likeness (QED) is 0.849. The molecule has 0 saturated heterocycles. The van der Waals surface area contributed by atoms with Crippen LogP contribution in [-0.2, 0) is 6.42 Å². The molecule has 0 amide bonds. The topological polar surface area (TPSA) is 26.0 Å². The first-order chi connectivity index (χ1) is 8.28. The molecule has 0 aliphatic rings. The Morgan fingerprint density at radius 2 is 1.67 bits per heavy atom. The zero-order valence-electron chi connectivity index (χ0n) is 10.8. The molecule has 0 heterocycles. The van der Waals surface area contributed by atoms with E-state index in [1.54, 1.807) is 0 Å². The average Bonchev–Trinajstić information content (AvgIpc) is 2.26. The van der Waals surface area contributed by atoms with Gasteiger partial charge in [-0.15, -0.1) is 0 Å². The lowest BCUT2D eigenvalue weighted by atomic mass is 9.98. The molecule has 0 aliphatic heterocycles. The highest BCUT2D eigenvalue weighted by molar-refractivity contribution is 5.25. The fourth-order valence-corrected chi connectivity index (χ4v) is 1.79. The van der Waals surface area contributed by atoms with Gasteiger partial charge in [-0.3, -0.25) is 0 Å². The molecule has 2 N–H and O–H groups in total. The van der Waals surface area contributed by atoms with E-state index in [0.29, 0.717) is 12.3 Å². The highest BCUT2D eigenvalue weighted by Crippen LogP contribution is 2.23. The SMILES string of the molecule is CC(C)c1ccc(CC(N)CCC(F)(F)F)cc1. The van der Waals surface area contributed by atoms with Crippen LogP contribution in [0.25, 0.3) is 0 Å². The lowest BCUT2D eigenvalue weighted by molar-refractivity contribution is -0.136. The smallest absolute Gasteiger partial charge is 0.327 e. The summed E-state index contributed by atoms with van der Waals surface area (Å²) in [6.07, 6.45) is -4.44.